The summed E-state index contributed by atoms with van der Waals surface area (Å²) in [7, 11) is 0. The molecule has 15 heavy (non-hydrogen) atoms. The number of anilines is 1. The standard InChI is InChI=1S/C11H17N3O/c1-8-12-10(7-11(15)13-8)14-9-5-3-2-4-6-9/h7,9H,2-6H2,1H3,(H2,12,13,14,15). The number of hydrogen-bond acceptors (Lipinski definition) is 3. The molecule has 0 atom stereocenters. The van der Waals surface area contributed by atoms with Gasteiger partial charge < -0.3 is 10.3 Å². The van der Waals surface area contributed by atoms with Crippen molar-refractivity contribution in [2.45, 2.75) is 45.1 Å². The fourth-order valence-corrected chi connectivity index (χ4v) is 2.11. The highest BCUT2D eigenvalue weighted by atomic mass is 16.1. The van der Waals surface area contributed by atoms with E-state index in [0.29, 0.717) is 17.7 Å². The van der Waals surface area contributed by atoms with E-state index < -0.39 is 0 Å². The molecule has 1 heterocycles. The van der Waals surface area contributed by atoms with Gasteiger partial charge in [-0.1, -0.05) is 19.3 Å². The first-order valence-corrected chi connectivity index (χ1v) is 5.58. The molecule has 1 fully saturated rings. The molecule has 0 saturated heterocycles. The molecule has 4 nitrogen and oxygen atoms in total. The van der Waals surface area contributed by atoms with E-state index in [1.54, 1.807) is 6.92 Å². The number of aryl methyl sites for hydroxylation is 1. The molecule has 2 N–H and O–H groups in total. The highest BCUT2D eigenvalue weighted by Crippen LogP contribution is 2.20. The molecule has 82 valence electrons. The number of hydrogen-bond donors (Lipinski definition) is 2. The topological polar surface area (TPSA) is 57.8 Å². The highest BCUT2D eigenvalue weighted by Gasteiger charge is 2.13. The van der Waals surface area contributed by atoms with Gasteiger partial charge in [0.2, 0.25) is 0 Å². The van der Waals surface area contributed by atoms with Gasteiger partial charge >= 0.3 is 0 Å². The maximum atomic E-state index is 11.2. The molecule has 1 aliphatic carbocycles. The Morgan fingerprint density at radius 2 is 2.13 bits per heavy atom. The molecule has 1 aromatic heterocycles. The van der Waals surface area contributed by atoms with Crippen molar-refractivity contribution in [2.24, 2.45) is 0 Å². The third-order valence-electron chi connectivity index (χ3n) is 2.82. The lowest BCUT2D eigenvalue weighted by atomic mass is 9.95. The average molecular weight is 207 g/mol. The zero-order valence-corrected chi connectivity index (χ0v) is 9.05. The van der Waals surface area contributed by atoms with Gasteiger partial charge in [-0.05, 0) is 19.8 Å². The molecule has 4 heteroatoms. The Morgan fingerprint density at radius 3 is 2.80 bits per heavy atom. The van der Waals surface area contributed by atoms with Crippen LogP contribution in [0.3, 0.4) is 0 Å². The van der Waals surface area contributed by atoms with Crippen molar-refractivity contribution in [2.75, 3.05) is 5.32 Å². The van der Waals surface area contributed by atoms with Gasteiger partial charge in [-0.3, -0.25) is 4.79 Å². The van der Waals surface area contributed by atoms with Crippen LogP contribution in [0.4, 0.5) is 5.82 Å². The van der Waals surface area contributed by atoms with E-state index in [4.69, 9.17) is 0 Å². The van der Waals surface area contributed by atoms with Gasteiger partial charge in [-0.25, -0.2) is 4.98 Å². The molecule has 1 aliphatic rings. The number of H-pyrrole nitrogens is 1. The summed E-state index contributed by atoms with van der Waals surface area (Å²) in [6.45, 7) is 1.80. The predicted octanol–water partition coefficient (Wildman–Crippen LogP) is 1.82. The van der Waals surface area contributed by atoms with Crippen LogP contribution >= 0.6 is 0 Å². The van der Waals surface area contributed by atoms with Crippen LogP contribution in [0.5, 0.6) is 0 Å². The van der Waals surface area contributed by atoms with Crippen molar-refractivity contribution in [3.05, 3.63) is 22.2 Å². The largest absolute Gasteiger partial charge is 0.367 e. The Bertz CT molecular complexity index is 380. The van der Waals surface area contributed by atoms with Crippen molar-refractivity contribution in [3.63, 3.8) is 0 Å². The van der Waals surface area contributed by atoms with Crippen LogP contribution < -0.4 is 10.9 Å². The van der Waals surface area contributed by atoms with Crippen LogP contribution in [0.1, 0.15) is 37.9 Å². The first-order valence-electron chi connectivity index (χ1n) is 5.58. The SMILES string of the molecule is Cc1nc(NC2CCCCC2)cc(=O)[nH]1. The van der Waals surface area contributed by atoms with Gasteiger partial charge in [-0.2, -0.15) is 0 Å². The Hall–Kier alpha value is -1.32. The number of nitrogens with one attached hydrogen (secondary N) is 2. The zero-order valence-electron chi connectivity index (χ0n) is 9.05. The van der Waals surface area contributed by atoms with Crippen LogP contribution in [-0.4, -0.2) is 16.0 Å². The molecule has 0 aromatic carbocycles. The maximum absolute atomic E-state index is 11.2. The van der Waals surface area contributed by atoms with Crippen molar-refractivity contribution in [1.29, 1.82) is 0 Å². The van der Waals surface area contributed by atoms with Gasteiger partial charge in [0.25, 0.3) is 5.56 Å². The minimum atomic E-state index is -0.0826. The lowest BCUT2D eigenvalue weighted by molar-refractivity contribution is 0.461. The Balaban J connectivity index is 2.06. The molecule has 1 saturated carbocycles. The highest BCUT2D eigenvalue weighted by molar-refractivity contribution is 5.34. The van der Waals surface area contributed by atoms with E-state index in [0.717, 1.165) is 0 Å². The normalized spacial score (nSPS) is 17.7. The van der Waals surface area contributed by atoms with Gasteiger partial charge in [0.15, 0.2) is 0 Å². The van der Waals surface area contributed by atoms with Crippen molar-refractivity contribution in [3.8, 4) is 0 Å². The van der Waals surface area contributed by atoms with Gasteiger partial charge in [0, 0.05) is 12.1 Å². The predicted molar refractivity (Wildman–Crippen MR) is 60.1 cm³/mol. The number of aromatic amines is 1. The van der Waals surface area contributed by atoms with E-state index in [-0.39, 0.29) is 5.56 Å². The summed E-state index contributed by atoms with van der Waals surface area (Å²) < 4.78 is 0. The molecule has 0 bridgehead atoms. The number of aromatic nitrogens is 2. The third kappa shape index (κ3) is 2.81. The number of nitrogens with zero attached hydrogens (tertiary/aromatic N) is 1. The fourth-order valence-electron chi connectivity index (χ4n) is 2.11. The molecule has 0 spiro atoms. The average Bonchev–Trinajstić information content (AvgIpc) is 2.17. The van der Waals surface area contributed by atoms with Crippen LogP contribution in [0.25, 0.3) is 0 Å². The summed E-state index contributed by atoms with van der Waals surface area (Å²) in [5.74, 6) is 1.38. The van der Waals surface area contributed by atoms with Gasteiger partial charge in [0.1, 0.15) is 11.6 Å². The first kappa shape index (κ1) is 10.2. The maximum Gasteiger partial charge on any atom is 0.252 e. The van der Waals surface area contributed by atoms with E-state index in [2.05, 4.69) is 15.3 Å². The first-order chi connectivity index (χ1) is 7.24. The van der Waals surface area contributed by atoms with Crippen molar-refractivity contribution < 1.29 is 0 Å². The van der Waals surface area contributed by atoms with Gasteiger partial charge in [0.05, 0.1) is 0 Å². The molecule has 1 aromatic rings. The molecule has 0 radical (unpaired) electrons. The monoisotopic (exact) mass is 207 g/mol. The summed E-state index contributed by atoms with van der Waals surface area (Å²) in [6, 6.07) is 2.02. The minimum absolute atomic E-state index is 0.0826. The Morgan fingerprint density at radius 1 is 1.40 bits per heavy atom. The molecular weight excluding hydrogens is 190 g/mol. The molecular formula is C11H17N3O. The number of rotatable bonds is 2. The molecule has 2 rings (SSSR count). The summed E-state index contributed by atoms with van der Waals surface area (Å²) in [4.78, 5) is 18.1. The van der Waals surface area contributed by atoms with Crippen LogP contribution in [0, 0.1) is 6.92 Å². The van der Waals surface area contributed by atoms with Crippen molar-refractivity contribution >= 4 is 5.82 Å². The van der Waals surface area contributed by atoms with E-state index >= 15 is 0 Å². The fraction of sp³-hybridized carbons (Fsp3) is 0.636. The van der Waals surface area contributed by atoms with Crippen LogP contribution in [0.2, 0.25) is 0 Å². The molecule has 0 aliphatic heterocycles. The van der Waals surface area contributed by atoms with Crippen LogP contribution in [0.15, 0.2) is 10.9 Å². The summed E-state index contributed by atoms with van der Waals surface area (Å²) in [5.41, 5.74) is -0.0826. The quantitative estimate of drug-likeness (QED) is 0.777. The van der Waals surface area contributed by atoms with Crippen LogP contribution in [-0.2, 0) is 0 Å². The summed E-state index contributed by atoms with van der Waals surface area (Å²) in [6.07, 6.45) is 6.26. The van der Waals surface area contributed by atoms with E-state index in [1.165, 1.54) is 38.2 Å². The minimum Gasteiger partial charge on any atom is -0.367 e. The molecule has 0 amide bonds. The Labute approximate surface area is 89.1 Å². The second-order valence-corrected chi connectivity index (χ2v) is 4.20. The lowest BCUT2D eigenvalue weighted by Crippen LogP contribution is -2.24. The van der Waals surface area contributed by atoms with E-state index in [1.807, 2.05) is 0 Å². The van der Waals surface area contributed by atoms with Gasteiger partial charge in [-0.15, -0.1) is 0 Å². The molecule has 0 unspecified atom stereocenters. The lowest BCUT2D eigenvalue weighted by Gasteiger charge is -2.23. The summed E-state index contributed by atoms with van der Waals surface area (Å²) in [5, 5.41) is 3.33. The summed E-state index contributed by atoms with van der Waals surface area (Å²) >= 11 is 0. The third-order valence-corrected chi connectivity index (χ3v) is 2.82. The zero-order chi connectivity index (χ0) is 10.7. The second-order valence-electron chi connectivity index (χ2n) is 4.20. The van der Waals surface area contributed by atoms with Crippen molar-refractivity contribution in [1.82, 2.24) is 9.97 Å². The van der Waals surface area contributed by atoms with E-state index in [9.17, 15) is 4.79 Å². The second kappa shape index (κ2) is 4.47. The Kier molecular flexibility index (Phi) is 3.04. The smallest absolute Gasteiger partial charge is 0.252 e.